The number of furan rings is 2. The molecule has 11 aromatic rings. The lowest BCUT2D eigenvalue weighted by Crippen LogP contribution is -2.28. The molecule has 0 fully saturated rings. The van der Waals surface area contributed by atoms with Crippen LogP contribution in [0.1, 0.15) is 11.5 Å². The van der Waals surface area contributed by atoms with Crippen molar-refractivity contribution in [1.29, 1.82) is 0 Å². The van der Waals surface area contributed by atoms with E-state index in [1.807, 2.05) is 0 Å². The molecule has 58 heavy (non-hydrogen) atoms. The average Bonchev–Trinajstić information content (AvgIpc) is 4.04. The molecule has 0 bridgehead atoms. The van der Waals surface area contributed by atoms with E-state index in [1.54, 1.807) is 0 Å². The van der Waals surface area contributed by atoms with Crippen LogP contribution < -0.4 is 4.90 Å². The van der Waals surface area contributed by atoms with Gasteiger partial charge in [-0.3, -0.25) is 0 Å². The number of hydrogen-bond acceptors (Lipinski definition) is 3. The van der Waals surface area contributed by atoms with Gasteiger partial charge in [0.1, 0.15) is 11.2 Å². The van der Waals surface area contributed by atoms with Crippen LogP contribution in [-0.4, -0.2) is 10.6 Å². The van der Waals surface area contributed by atoms with E-state index in [2.05, 4.69) is 204 Å². The predicted molar refractivity (Wildman–Crippen MR) is 240 cm³/mol. The van der Waals surface area contributed by atoms with Gasteiger partial charge in [-0.2, -0.15) is 0 Å². The number of hydrogen-bond donors (Lipinski definition) is 0. The molecule has 3 aromatic heterocycles. The zero-order valence-electron chi connectivity index (χ0n) is 31.3. The number of aromatic nitrogens is 1. The monoisotopic (exact) mass is 742 g/mol. The fourth-order valence-corrected chi connectivity index (χ4v) is 9.88. The molecule has 2 aliphatic rings. The summed E-state index contributed by atoms with van der Waals surface area (Å²) in [6.45, 7) is 0. The number of nitrogens with zero attached hydrogens (tertiary/aromatic N) is 2. The molecular weight excluding hydrogens is 709 g/mol. The Balaban J connectivity index is 0.880. The molecule has 0 spiro atoms. The van der Waals surface area contributed by atoms with Gasteiger partial charge in [0.05, 0.1) is 17.1 Å². The van der Waals surface area contributed by atoms with Crippen molar-refractivity contribution in [3.05, 3.63) is 200 Å². The minimum Gasteiger partial charge on any atom is -0.452 e. The Morgan fingerprint density at radius 2 is 0.931 bits per heavy atom. The smallest absolute Gasteiger partial charge is 0.178 e. The summed E-state index contributed by atoms with van der Waals surface area (Å²) in [5, 5.41) is 6.77. The molecule has 0 amide bonds. The average molecular weight is 743 g/mol. The molecule has 1 aliphatic carbocycles. The van der Waals surface area contributed by atoms with Crippen LogP contribution in [0.5, 0.6) is 0 Å². The standard InChI is InChI=1S/C54H34N2O2/c1-5-19-47-39(15-1)40-16-2-6-20-48(40)55(47)37-13-9-11-33(29-37)35-23-25-43-45-27-28-46-44-26-24-36(32-52(44)58-54(46)53(45)57-51(43)31-35)34-12-10-14-38(30-34)56-49-21-7-3-17-41(49)42-18-4-8-22-50(42)56/h1-32,39,47H. The Kier molecular flexibility index (Phi) is 6.53. The molecular formula is C54H34N2O2. The van der Waals surface area contributed by atoms with E-state index in [1.165, 1.54) is 38.7 Å². The van der Waals surface area contributed by atoms with Crippen molar-refractivity contribution in [3.63, 3.8) is 0 Å². The quantitative estimate of drug-likeness (QED) is 0.180. The number of fused-ring (bicyclic) bond motifs is 13. The van der Waals surface area contributed by atoms with E-state index in [-0.39, 0.29) is 6.04 Å². The maximum Gasteiger partial charge on any atom is 0.178 e. The third kappa shape index (κ3) is 4.51. The van der Waals surface area contributed by atoms with Crippen molar-refractivity contribution < 1.29 is 8.83 Å². The van der Waals surface area contributed by atoms with E-state index in [0.29, 0.717) is 5.92 Å². The summed E-state index contributed by atoms with van der Waals surface area (Å²) in [7, 11) is 0. The third-order valence-corrected chi connectivity index (χ3v) is 12.5. The van der Waals surface area contributed by atoms with Crippen molar-refractivity contribution in [2.45, 2.75) is 12.0 Å². The molecule has 0 saturated carbocycles. The summed E-state index contributed by atoms with van der Waals surface area (Å²) in [5.41, 5.74) is 15.1. The van der Waals surface area contributed by atoms with Crippen LogP contribution in [0.2, 0.25) is 0 Å². The number of rotatable bonds is 4. The van der Waals surface area contributed by atoms with Crippen molar-refractivity contribution in [2.75, 3.05) is 4.90 Å². The highest BCUT2D eigenvalue weighted by molar-refractivity contribution is 6.19. The lowest BCUT2D eigenvalue weighted by Gasteiger charge is -2.29. The highest BCUT2D eigenvalue weighted by Crippen LogP contribution is 2.48. The van der Waals surface area contributed by atoms with Crippen LogP contribution in [0.25, 0.3) is 93.6 Å². The zero-order chi connectivity index (χ0) is 37.9. The van der Waals surface area contributed by atoms with E-state index in [4.69, 9.17) is 8.83 Å². The van der Waals surface area contributed by atoms with Crippen LogP contribution in [0.15, 0.2) is 203 Å². The van der Waals surface area contributed by atoms with Crippen molar-refractivity contribution >= 4 is 77.1 Å². The number of allylic oxidation sites excluding steroid dienone is 2. The van der Waals surface area contributed by atoms with Gasteiger partial charge in [0.15, 0.2) is 11.2 Å². The summed E-state index contributed by atoms with van der Waals surface area (Å²) in [6, 6.07) is 61.5. The molecule has 4 nitrogen and oxygen atoms in total. The van der Waals surface area contributed by atoms with Crippen LogP contribution in [-0.2, 0) is 0 Å². The van der Waals surface area contributed by atoms with Gasteiger partial charge < -0.3 is 18.3 Å². The summed E-state index contributed by atoms with van der Waals surface area (Å²) in [4.78, 5) is 2.48. The fourth-order valence-electron chi connectivity index (χ4n) is 9.88. The second-order valence-electron chi connectivity index (χ2n) is 15.6. The lowest BCUT2D eigenvalue weighted by atomic mass is 9.91. The first-order valence-electron chi connectivity index (χ1n) is 20.0. The van der Waals surface area contributed by atoms with Crippen molar-refractivity contribution in [1.82, 2.24) is 4.57 Å². The minimum atomic E-state index is 0.259. The molecule has 0 saturated heterocycles. The van der Waals surface area contributed by atoms with Crippen LogP contribution in [0.4, 0.5) is 11.4 Å². The minimum absolute atomic E-state index is 0.259. The first-order chi connectivity index (χ1) is 28.7. The van der Waals surface area contributed by atoms with E-state index in [0.717, 1.165) is 71.8 Å². The molecule has 2 unspecified atom stereocenters. The first kappa shape index (κ1) is 31.6. The SMILES string of the molecule is C1=CC2c3ccccc3N(c3cccc(-c4ccc5c(c4)oc4c5ccc5c6ccc(-c7cccc(-n8c9ccccc9c9ccccc98)c7)cc6oc54)c3)C2C=C1. The highest BCUT2D eigenvalue weighted by Gasteiger charge is 2.37. The van der Waals surface area contributed by atoms with Crippen LogP contribution in [0, 0.1) is 0 Å². The molecule has 8 aromatic carbocycles. The zero-order valence-corrected chi connectivity index (χ0v) is 31.3. The lowest BCUT2D eigenvalue weighted by molar-refractivity contribution is 0.633. The van der Waals surface area contributed by atoms with Gasteiger partial charge in [0, 0.05) is 55.3 Å². The van der Waals surface area contributed by atoms with Crippen molar-refractivity contribution in [3.8, 4) is 27.9 Å². The van der Waals surface area contributed by atoms with Gasteiger partial charge in [-0.1, -0.05) is 115 Å². The first-order valence-corrected chi connectivity index (χ1v) is 20.0. The van der Waals surface area contributed by atoms with Gasteiger partial charge in [-0.25, -0.2) is 0 Å². The topological polar surface area (TPSA) is 34.5 Å². The third-order valence-electron chi connectivity index (χ3n) is 12.5. The maximum atomic E-state index is 6.72. The molecule has 0 radical (unpaired) electrons. The van der Waals surface area contributed by atoms with Gasteiger partial charge in [-0.05, 0) is 107 Å². The second-order valence-corrected chi connectivity index (χ2v) is 15.6. The van der Waals surface area contributed by atoms with E-state index < -0.39 is 0 Å². The molecule has 13 rings (SSSR count). The van der Waals surface area contributed by atoms with Crippen LogP contribution >= 0.6 is 0 Å². The van der Waals surface area contributed by atoms with Crippen LogP contribution in [0.3, 0.4) is 0 Å². The largest absolute Gasteiger partial charge is 0.452 e. The van der Waals surface area contributed by atoms with Gasteiger partial charge in [-0.15, -0.1) is 0 Å². The van der Waals surface area contributed by atoms with Gasteiger partial charge >= 0.3 is 0 Å². The van der Waals surface area contributed by atoms with Gasteiger partial charge in [0.2, 0.25) is 0 Å². The Morgan fingerprint density at radius 1 is 0.397 bits per heavy atom. The van der Waals surface area contributed by atoms with E-state index in [9.17, 15) is 0 Å². The summed E-state index contributed by atoms with van der Waals surface area (Å²) in [6.07, 6.45) is 8.99. The molecule has 1 aliphatic heterocycles. The van der Waals surface area contributed by atoms with Gasteiger partial charge in [0.25, 0.3) is 0 Å². The molecule has 4 heterocycles. The van der Waals surface area contributed by atoms with E-state index >= 15 is 0 Å². The molecule has 0 N–H and O–H groups in total. The Bertz CT molecular complexity index is 3500. The molecule has 272 valence electrons. The normalized spacial score (nSPS) is 16.1. The highest BCUT2D eigenvalue weighted by atomic mass is 16.4. The number of benzene rings is 8. The number of anilines is 2. The summed E-state index contributed by atoms with van der Waals surface area (Å²) in [5.74, 6) is 0.349. The number of para-hydroxylation sites is 3. The fraction of sp³-hybridized carbons (Fsp3) is 0.0370. The predicted octanol–water partition coefficient (Wildman–Crippen LogP) is 14.6. The second kappa shape index (κ2) is 12.0. The Morgan fingerprint density at radius 3 is 1.60 bits per heavy atom. The molecule has 4 heteroatoms. The molecule has 2 atom stereocenters. The summed E-state index contributed by atoms with van der Waals surface area (Å²) >= 11 is 0. The van der Waals surface area contributed by atoms with Crippen molar-refractivity contribution in [2.24, 2.45) is 0 Å². The Labute approximate surface area is 333 Å². The maximum absolute atomic E-state index is 6.72. The summed E-state index contributed by atoms with van der Waals surface area (Å²) < 4.78 is 15.8. The Hall–Kier alpha value is -7.56.